The van der Waals surface area contributed by atoms with Crippen LogP contribution in [0.25, 0.3) is 16.8 Å². The number of aromatic nitrogens is 4. The molecule has 0 aliphatic carbocycles. The minimum Gasteiger partial charge on any atom is -0.491 e. The van der Waals surface area contributed by atoms with Gasteiger partial charge in [0.05, 0.1) is 13.2 Å². The molecule has 0 bridgehead atoms. The molecular formula is C24H26N6O3. The van der Waals surface area contributed by atoms with Crippen molar-refractivity contribution in [2.45, 2.75) is 33.4 Å². The van der Waals surface area contributed by atoms with Gasteiger partial charge in [-0.3, -0.25) is 4.79 Å². The molecule has 3 heterocycles. The molecule has 0 saturated carbocycles. The van der Waals surface area contributed by atoms with E-state index in [1.807, 2.05) is 57.2 Å². The van der Waals surface area contributed by atoms with Gasteiger partial charge in [0.25, 0.3) is 5.91 Å². The number of ether oxygens (including phenoxy) is 2. The van der Waals surface area contributed by atoms with E-state index in [1.54, 1.807) is 16.8 Å². The quantitative estimate of drug-likeness (QED) is 0.447. The number of carbonyl (C=O) groups excluding carboxylic acids is 1. The molecule has 4 rings (SSSR count). The molecule has 0 spiro atoms. The van der Waals surface area contributed by atoms with Crippen LogP contribution in [0.2, 0.25) is 0 Å². The second-order valence-electron chi connectivity index (χ2n) is 7.82. The van der Waals surface area contributed by atoms with Gasteiger partial charge >= 0.3 is 0 Å². The van der Waals surface area contributed by atoms with Crippen LogP contribution in [0.1, 0.15) is 35.5 Å². The van der Waals surface area contributed by atoms with Crippen LogP contribution in [0.3, 0.4) is 0 Å². The summed E-state index contributed by atoms with van der Waals surface area (Å²) in [6, 6.07) is 13.1. The molecule has 9 nitrogen and oxygen atoms in total. The van der Waals surface area contributed by atoms with Gasteiger partial charge in [0, 0.05) is 29.6 Å². The molecule has 1 amide bonds. The van der Waals surface area contributed by atoms with Gasteiger partial charge in [0.2, 0.25) is 11.8 Å². The highest BCUT2D eigenvalue weighted by Crippen LogP contribution is 2.29. The number of fused-ring (bicyclic) bond motifs is 1. The summed E-state index contributed by atoms with van der Waals surface area (Å²) in [5.41, 5.74) is 9.86. The Bertz CT molecular complexity index is 1320. The Morgan fingerprint density at radius 2 is 1.97 bits per heavy atom. The standard InChI is InChI=1S/C24H26N6O3/c1-14(2)33-20-8-6-5-7-17(20)13-26-22(31)19-12-18(15(3)27-23(19)32-4)16-9-10-30-21(11-16)28-24(25)29-30/h5-12,14H,13H2,1-4H3,(H2,25,29)(H,26,31). The van der Waals surface area contributed by atoms with E-state index in [9.17, 15) is 4.79 Å². The molecular weight excluding hydrogens is 420 g/mol. The average molecular weight is 447 g/mol. The molecule has 0 atom stereocenters. The van der Waals surface area contributed by atoms with Crippen LogP contribution in [0.15, 0.2) is 48.7 Å². The van der Waals surface area contributed by atoms with Crippen LogP contribution < -0.4 is 20.5 Å². The van der Waals surface area contributed by atoms with Gasteiger partial charge in [0.1, 0.15) is 11.3 Å². The Hall–Kier alpha value is -4.14. The molecule has 0 radical (unpaired) electrons. The first kappa shape index (κ1) is 22.1. The molecule has 0 aliphatic heterocycles. The Morgan fingerprint density at radius 1 is 1.18 bits per heavy atom. The van der Waals surface area contributed by atoms with Crippen molar-refractivity contribution in [2.24, 2.45) is 0 Å². The first-order valence-electron chi connectivity index (χ1n) is 10.6. The lowest BCUT2D eigenvalue weighted by Crippen LogP contribution is -2.24. The third-order valence-electron chi connectivity index (χ3n) is 5.06. The fourth-order valence-electron chi connectivity index (χ4n) is 3.55. The number of amides is 1. The number of nitrogens with two attached hydrogens (primary N) is 1. The van der Waals surface area contributed by atoms with Crippen LogP contribution >= 0.6 is 0 Å². The van der Waals surface area contributed by atoms with Gasteiger partial charge in [-0.15, -0.1) is 5.10 Å². The highest BCUT2D eigenvalue weighted by atomic mass is 16.5. The Morgan fingerprint density at radius 3 is 2.73 bits per heavy atom. The van der Waals surface area contributed by atoms with E-state index >= 15 is 0 Å². The fraction of sp³-hybridized carbons (Fsp3) is 0.250. The van der Waals surface area contributed by atoms with Crippen LogP contribution in [0.4, 0.5) is 5.95 Å². The van der Waals surface area contributed by atoms with Crippen molar-refractivity contribution in [3.05, 3.63) is 65.5 Å². The van der Waals surface area contributed by atoms with Crippen molar-refractivity contribution < 1.29 is 14.3 Å². The number of nitrogens with zero attached hydrogens (tertiary/aromatic N) is 4. The molecule has 1 aromatic carbocycles. The first-order chi connectivity index (χ1) is 15.9. The number of rotatable bonds is 7. The Balaban J connectivity index is 1.63. The summed E-state index contributed by atoms with van der Waals surface area (Å²) in [6.45, 7) is 6.09. The van der Waals surface area contributed by atoms with E-state index in [0.29, 0.717) is 17.8 Å². The second kappa shape index (κ2) is 9.15. The molecule has 0 unspecified atom stereocenters. The third kappa shape index (κ3) is 4.72. The highest BCUT2D eigenvalue weighted by Gasteiger charge is 2.19. The number of benzene rings is 1. The van der Waals surface area contributed by atoms with Gasteiger partial charge in [-0.2, -0.15) is 4.98 Å². The van der Waals surface area contributed by atoms with Crippen molar-refractivity contribution in [3.8, 4) is 22.8 Å². The summed E-state index contributed by atoms with van der Waals surface area (Å²) in [6.07, 6.45) is 1.80. The summed E-state index contributed by atoms with van der Waals surface area (Å²) in [4.78, 5) is 21.8. The zero-order valence-corrected chi connectivity index (χ0v) is 19.0. The van der Waals surface area contributed by atoms with Crippen molar-refractivity contribution in [2.75, 3.05) is 12.8 Å². The number of carbonyl (C=O) groups is 1. The Kier molecular flexibility index (Phi) is 6.12. The minimum absolute atomic E-state index is 0.0313. The summed E-state index contributed by atoms with van der Waals surface area (Å²) in [5, 5.41) is 7.05. The summed E-state index contributed by atoms with van der Waals surface area (Å²) in [7, 11) is 1.50. The summed E-state index contributed by atoms with van der Waals surface area (Å²) >= 11 is 0. The predicted octanol–water partition coefficient (Wildman–Crippen LogP) is 3.41. The van der Waals surface area contributed by atoms with Crippen LogP contribution in [-0.4, -0.2) is 38.7 Å². The fourth-order valence-corrected chi connectivity index (χ4v) is 3.55. The topological polar surface area (TPSA) is 117 Å². The third-order valence-corrected chi connectivity index (χ3v) is 5.06. The normalized spacial score (nSPS) is 11.1. The minimum atomic E-state index is -0.298. The largest absolute Gasteiger partial charge is 0.491 e. The van der Waals surface area contributed by atoms with Crippen LogP contribution in [0.5, 0.6) is 11.6 Å². The lowest BCUT2D eigenvalue weighted by atomic mass is 10.0. The lowest BCUT2D eigenvalue weighted by Gasteiger charge is -2.16. The van der Waals surface area contributed by atoms with Crippen molar-refractivity contribution >= 4 is 17.5 Å². The second-order valence-corrected chi connectivity index (χ2v) is 7.82. The molecule has 33 heavy (non-hydrogen) atoms. The monoisotopic (exact) mass is 446 g/mol. The number of hydrogen-bond acceptors (Lipinski definition) is 7. The van der Waals surface area contributed by atoms with Crippen molar-refractivity contribution in [1.29, 1.82) is 0 Å². The molecule has 0 fully saturated rings. The van der Waals surface area contributed by atoms with E-state index in [2.05, 4.69) is 20.4 Å². The maximum Gasteiger partial charge on any atom is 0.257 e. The number of nitrogen functional groups attached to an aromatic ring is 1. The zero-order valence-electron chi connectivity index (χ0n) is 19.0. The van der Waals surface area contributed by atoms with E-state index in [0.717, 1.165) is 28.1 Å². The molecule has 4 aromatic rings. The van der Waals surface area contributed by atoms with E-state index < -0.39 is 0 Å². The molecule has 170 valence electrons. The van der Waals surface area contributed by atoms with E-state index in [1.165, 1.54) is 7.11 Å². The molecule has 3 N–H and O–H groups in total. The molecule has 0 saturated heterocycles. The van der Waals surface area contributed by atoms with Gasteiger partial charge in [-0.25, -0.2) is 9.50 Å². The van der Waals surface area contributed by atoms with Gasteiger partial charge in [0.15, 0.2) is 5.65 Å². The SMILES string of the molecule is COc1nc(C)c(-c2ccn3nc(N)nc3c2)cc1C(=O)NCc1ccccc1OC(C)C. The summed E-state index contributed by atoms with van der Waals surface area (Å²) in [5.74, 6) is 0.892. The first-order valence-corrected chi connectivity index (χ1v) is 10.6. The number of pyridine rings is 2. The van der Waals surface area contributed by atoms with E-state index in [-0.39, 0.29) is 23.8 Å². The van der Waals surface area contributed by atoms with Gasteiger partial charge in [-0.1, -0.05) is 18.2 Å². The average Bonchev–Trinajstić information content (AvgIpc) is 3.16. The van der Waals surface area contributed by atoms with E-state index in [4.69, 9.17) is 15.2 Å². The molecule has 3 aromatic heterocycles. The zero-order chi connectivity index (χ0) is 23.5. The van der Waals surface area contributed by atoms with Crippen molar-refractivity contribution in [3.63, 3.8) is 0 Å². The maximum atomic E-state index is 13.1. The number of methoxy groups -OCH3 is 1. The molecule has 9 heteroatoms. The van der Waals surface area contributed by atoms with Gasteiger partial charge in [-0.05, 0) is 50.6 Å². The number of hydrogen-bond donors (Lipinski definition) is 2. The van der Waals surface area contributed by atoms with Crippen LogP contribution in [0, 0.1) is 6.92 Å². The van der Waals surface area contributed by atoms with Crippen molar-refractivity contribution in [1.82, 2.24) is 24.9 Å². The number of aryl methyl sites for hydroxylation is 1. The highest BCUT2D eigenvalue weighted by molar-refractivity contribution is 5.97. The smallest absolute Gasteiger partial charge is 0.257 e. The Labute approximate surface area is 191 Å². The van der Waals surface area contributed by atoms with Gasteiger partial charge < -0.3 is 20.5 Å². The lowest BCUT2D eigenvalue weighted by molar-refractivity contribution is 0.0946. The predicted molar refractivity (Wildman–Crippen MR) is 125 cm³/mol. The van der Waals surface area contributed by atoms with Crippen LogP contribution in [-0.2, 0) is 6.54 Å². The number of nitrogens with one attached hydrogen (secondary N) is 1. The number of para-hydroxylation sites is 1. The number of anilines is 1. The maximum absolute atomic E-state index is 13.1. The summed E-state index contributed by atoms with van der Waals surface area (Å²) < 4.78 is 12.8. The molecule has 0 aliphatic rings.